The summed E-state index contributed by atoms with van der Waals surface area (Å²) < 4.78 is 57.0. The molecule has 0 radical (unpaired) electrons. The second kappa shape index (κ2) is 42.3. The van der Waals surface area contributed by atoms with E-state index in [4.69, 9.17) is 39.8 Å². The van der Waals surface area contributed by atoms with Crippen molar-refractivity contribution >= 4 is 51.1 Å². The number of aliphatic carboxylic acids is 1. The van der Waals surface area contributed by atoms with Crippen LogP contribution in [0.25, 0.3) is 0 Å². The van der Waals surface area contributed by atoms with Crippen molar-refractivity contribution in [2.24, 2.45) is 5.73 Å². The Morgan fingerprint density at radius 3 is 1.95 bits per heavy atom. The minimum Gasteiger partial charge on any atom is -0.481 e. The van der Waals surface area contributed by atoms with E-state index in [-0.39, 0.29) is 37.3 Å². The average molecular weight is 1190 g/mol. The molecule has 22 nitrogen and oxygen atoms in total. The molecular weight excluding hydrogens is 1100 g/mol. The van der Waals surface area contributed by atoms with Crippen LogP contribution in [0.5, 0.6) is 0 Å². The molecule has 0 aliphatic carbocycles. The molecule has 2 heterocycles. The van der Waals surface area contributed by atoms with Crippen molar-refractivity contribution in [2.75, 3.05) is 31.3 Å². The smallest absolute Gasteiger partial charge is 0.481 e. The van der Waals surface area contributed by atoms with Crippen LogP contribution in [0.2, 0.25) is 0 Å². The van der Waals surface area contributed by atoms with Gasteiger partial charge >= 0.3 is 39.2 Å². The summed E-state index contributed by atoms with van der Waals surface area (Å²) in [5.74, 6) is -3.05. The van der Waals surface area contributed by atoms with E-state index in [2.05, 4.69) is 65.7 Å². The molecule has 450 valence electrons. The zero-order valence-corrected chi connectivity index (χ0v) is 48.6. The zero-order chi connectivity index (χ0) is 59.0. The highest BCUT2D eigenvalue weighted by Gasteiger charge is 2.46. The second-order valence-electron chi connectivity index (χ2n) is 18.6. The fourth-order valence-electron chi connectivity index (χ4n) is 7.28. The number of rotatable bonds is 44. The summed E-state index contributed by atoms with van der Waals surface area (Å²) in [4.78, 5) is 74.0. The number of carboxylic acid groups (broad SMARTS) is 1. The SMILES string of the molecule is CCCCC/C=C\C\C=C/C=C/C=C/[C@@H](SC[C@H](N)C(=O)OC[C@H](COP(=O)(O)OP(=O)(O)OC[C@H]1O[C@@H](n2ccc(N)nc2=O)[C@H](O)[C@@H]1O)OC(=O)CCC/C=C\C/C=C\C/C=C\C/C=C\CCCCC)[C@@H](O)CCCC(=O)O. The number of esters is 2. The molecule has 0 spiro atoms. The predicted octanol–water partition coefficient (Wildman–Crippen LogP) is 8.54. The molecular formula is C55H86N4O18P2S. The van der Waals surface area contributed by atoms with Crippen LogP contribution in [-0.2, 0) is 51.1 Å². The van der Waals surface area contributed by atoms with E-state index in [0.29, 0.717) is 19.3 Å². The van der Waals surface area contributed by atoms with Crippen LogP contribution in [0.1, 0.15) is 136 Å². The molecule has 2 unspecified atom stereocenters. The van der Waals surface area contributed by atoms with Gasteiger partial charge in [-0.25, -0.2) is 13.9 Å². The number of ether oxygens (including phenoxy) is 3. The molecule has 0 saturated carbocycles. The Labute approximate surface area is 474 Å². The lowest BCUT2D eigenvalue weighted by atomic mass is 10.1. The van der Waals surface area contributed by atoms with Crippen molar-refractivity contribution in [3.63, 3.8) is 0 Å². The lowest BCUT2D eigenvalue weighted by molar-refractivity contribution is -0.161. The number of phosphoric acid groups is 2. The van der Waals surface area contributed by atoms with Gasteiger partial charge < -0.3 is 55.9 Å². The van der Waals surface area contributed by atoms with E-state index < -0.39 is 107 Å². The summed E-state index contributed by atoms with van der Waals surface area (Å²) in [6, 6.07) is -0.0953. The van der Waals surface area contributed by atoms with Crippen molar-refractivity contribution in [3.05, 3.63) is 120 Å². The van der Waals surface area contributed by atoms with Crippen LogP contribution < -0.4 is 17.2 Å². The highest BCUT2D eigenvalue weighted by atomic mass is 32.2. The largest absolute Gasteiger partial charge is 0.481 e. The van der Waals surface area contributed by atoms with Crippen LogP contribution in [0.3, 0.4) is 0 Å². The molecule has 1 aromatic rings. The first-order valence-electron chi connectivity index (χ1n) is 27.2. The molecule has 25 heteroatoms. The number of anilines is 1. The van der Waals surface area contributed by atoms with E-state index in [1.165, 1.54) is 31.7 Å². The Kier molecular flexibility index (Phi) is 37.8. The predicted molar refractivity (Wildman–Crippen MR) is 308 cm³/mol. The van der Waals surface area contributed by atoms with Crippen molar-refractivity contribution in [1.82, 2.24) is 9.55 Å². The van der Waals surface area contributed by atoms with E-state index in [0.717, 1.165) is 67.5 Å². The van der Waals surface area contributed by atoms with Crippen LogP contribution in [0.4, 0.5) is 5.82 Å². The third-order valence-electron chi connectivity index (χ3n) is 11.6. The molecule has 80 heavy (non-hydrogen) atoms. The summed E-state index contributed by atoms with van der Waals surface area (Å²) >= 11 is 1.11. The number of nitrogen functional groups attached to an aromatic ring is 1. The standard InChI is InChI=1S/C55H86N4O18P2S/c1-3-5-7-9-11-13-15-17-18-19-20-21-23-25-27-29-31-36-50(63)75-43(40-73-78(68,69)77-79(70,71)74-41-46-51(64)52(65)53(76-46)59-38-37-48(57)58-55(59)67)39-72-54(66)44(56)42-80-47(45(60)33-32-35-49(61)62)34-30-28-26-24-22-16-14-12-10-8-6-4-2/h11-14,17-18,20-22,24-28,30,34,37-38,43-47,51-53,60,64-65H,3-10,15-16,19,23,29,31-33,35-36,39-42,56H2,1-2H3,(H,61,62)(H,68,69)(H,70,71)(H2,57,58,67)/b13-11-,14-12-,18-17-,21-20-,24-22-,27-25-,28-26+,34-30+/t43-,44+,45+,46-,47-,51-,52-,53-/m1/s1. The first-order chi connectivity index (χ1) is 38.3. The summed E-state index contributed by atoms with van der Waals surface area (Å²) in [5.41, 5.74) is 10.7. The number of allylic oxidation sites excluding steroid dienone is 15. The van der Waals surface area contributed by atoms with E-state index in [9.17, 15) is 53.4 Å². The Morgan fingerprint density at radius 1 is 0.775 bits per heavy atom. The number of phosphoric ester groups is 2. The van der Waals surface area contributed by atoms with Gasteiger partial charge in [-0.3, -0.25) is 28.0 Å². The first-order valence-corrected chi connectivity index (χ1v) is 31.2. The number of nitrogens with two attached hydrogens (primary N) is 2. The van der Waals surface area contributed by atoms with E-state index >= 15 is 0 Å². The van der Waals surface area contributed by atoms with Crippen molar-refractivity contribution < 1.29 is 81.3 Å². The maximum atomic E-state index is 13.2. The molecule has 1 aliphatic heterocycles. The van der Waals surface area contributed by atoms with Gasteiger partial charge in [0.15, 0.2) is 12.3 Å². The van der Waals surface area contributed by atoms with E-state index in [1.54, 1.807) is 18.2 Å². The van der Waals surface area contributed by atoms with Gasteiger partial charge in [-0.05, 0) is 83.1 Å². The Balaban J connectivity index is 2.07. The zero-order valence-electron chi connectivity index (χ0n) is 46.0. The number of nitrogens with zero attached hydrogens (tertiary/aromatic N) is 2. The van der Waals surface area contributed by atoms with Crippen LogP contribution in [0.15, 0.2) is 114 Å². The number of aliphatic hydroxyl groups excluding tert-OH is 3. The van der Waals surface area contributed by atoms with Crippen molar-refractivity contribution in [3.8, 4) is 0 Å². The molecule has 2 rings (SSSR count). The minimum atomic E-state index is -5.58. The molecule has 1 fully saturated rings. The summed E-state index contributed by atoms with van der Waals surface area (Å²) in [6.07, 6.45) is 36.9. The van der Waals surface area contributed by atoms with Crippen LogP contribution in [-0.4, -0.2) is 125 Å². The maximum Gasteiger partial charge on any atom is 0.481 e. The van der Waals surface area contributed by atoms with Crippen molar-refractivity contribution in [2.45, 2.75) is 177 Å². The van der Waals surface area contributed by atoms with E-state index in [1.807, 2.05) is 36.5 Å². The fourth-order valence-corrected chi connectivity index (χ4v) is 10.5. The lowest BCUT2D eigenvalue weighted by Crippen LogP contribution is -2.38. The van der Waals surface area contributed by atoms with Gasteiger partial charge in [0.25, 0.3) is 0 Å². The molecule has 1 saturated heterocycles. The summed E-state index contributed by atoms with van der Waals surface area (Å²) in [5, 5.41) is 40.5. The normalized spacial score (nSPS) is 20.2. The van der Waals surface area contributed by atoms with Crippen LogP contribution in [0, 0.1) is 0 Å². The quantitative estimate of drug-likeness (QED) is 0.00997. The fraction of sp³-hybridized carbons (Fsp3) is 0.582. The number of hydrogen-bond donors (Lipinski definition) is 8. The first kappa shape index (κ1) is 71.5. The minimum absolute atomic E-state index is 0.0956. The Morgan fingerprint density at radius 2 is 1.35 bits per heavy atom. The Hall–Kier alpha value is -4.58. The van der Waals surface area contributed by atoms with Gasteiger partial charge in [0.2, 0.25) is 0 Å². The second-order valence-corrected chi connectivity index (χ2v) is 22.8. The van der Waals surface area contributed by atoms with Crippen molar-refractivity contribution in [1.29, 1.82) is 0 Å². The topological polar surface area (TPSA) is 349 Å². The number of carboxylic acids is 1. The summed E-state index contributed by atoms with van der Waals surface area (Å²) in [7, 11) is -11.1. The number of carbonyl (C=O) groups is 3. The van der Waals surface area contributed by atoms with Gasteiger partial charge in [0.05, 0.1) is 19.3 Å². The molecule has 0 aromatic carbocycles. The third kappa shape index (κ3) is 33.4. The van der Waals surface area contributed by atoms with Gasteiger partial charge in [-0.2, -0.15) is 9.29 Å². The lowest BCUT2D eigenvalue weighted by Gasteiger charge is -2.23. The number of unbranched alkanes of at least 4 members (excludes halogenated alkanes) is 7. The monoisotopic (exact) mass is 1180 g/mol. The molecule has 0 amide bonds. The Bertz CT molecular complexity index is 2360. The highest BCUT2D eigenvalue weighted by Crippen LogP contribution is 2.60. The average Bonchev–Trinajstić information content (AvgIpc) is 3.82. The molecule has 0 bridgehead atoms. The van der Waals surface area contributed by atoms with Crippen LogP contribution >= 0.6 is 27.4 Å². The van der Waals surface area contributed by atoms with Gasteiger partial charge in [0, 0.05) is 30.0 Å². The third-order valence-corrected chi connectivity index (χ3v) is 15.6. The molecule has 10 atom stereocenters. The number of aromatic nitrogens is 2. The molecule has 10 N–H and O–H groups in total. The number of hydrogen-bond acceptors (Lipinski definition) is 19. The number of aliphatic hydroxyl groups is 3. The number of thioether (sulfide) groups is 1. The van der Waals surface area contributed by atoms with Gasteiger partial charge in [-0.1, -0.05) is 137 Å². The van der Waals surface area contributed by atoms with Gasteiger partial charge in [0.1, 0.15) is 36.8 Å². The summed E-state index contributed by atoms with van der Waals surface area (Å²) in [6.45, 7) is 1.54. The molecule has 1 aromatic heterocycles. The maximum absolute atomic E-state index is 13.2. The number of carbonyl (C=O) groups excluding carboxylic acids is 2. The molecule has 1 aliphatic rings. The highest BCUT2D eigenvalue weighted by molar-refractivity contribution is 8.00. The van der Waals surface area contributed by atoms with Gasteiger partial charge in [-0.15, -0.1) is 11.8 Å².